The van der Waals surface area contributed by atoms with Gasteiger partial charge in [0.05, 0.1) is 12.7 Å². The lowest BCUT2D eigenvalue weighted by atomic mass is 9.96. The van der Waals surface area contributed by atoms with Crippen LogP contribution in [0.3, 0.4) is 0 Å². The Morgan fingerprint density at radius 1 is 1.37 bits per heavy atom. The van der Waals surface area contributed by atoms with Crippen molar-refractivity contribution in [2.75, 3.05) is 33.4 Å². The summed E-state index contributed by atoms with van der Waals surface area (Å²) < 4.78 is 5.34. The lowest BCUT2D eigenvalue weighted by molar-refractivity contribution is 0.121. The fourth-order valence-corrected chi connectivity index (χ4v) is 2.18. The average molecular weight is 267 g/mol. The van der Waals surface area contributed by atoms with Crippen LogP contribution in [0.2, 0.25) is 0 Å². The number of rotatable bonds is 11. The van der Waals surface area contributed by atoms with Crippen molar-refractivity contribution in [1.29, 1.82) is 5.26 Å². The number of nitrogens with zero attached hydrogens (tertiary/aromatic N) is 2. The fourth-order valence-electron chi connectivity index (χ4n) is 2.18. The van der Waals surface area contributed by atoms with Crippen LogP contribution in [0.4, 0.5) is 0 Å². The van der Waals surface area contributed by atoms with Gasteiger partial charge in [0.1, 0.15) is 5.54 Å². The summed E-state index contributed by atoms with van der Waals surface area (Å²) in [5, 5.41) is 12.7. The first kappa shape index (κ1) is 16.4. The van der Waals surface area contributed by atoms with Crippen LogP contribution in [0.25, 0.3) is 0 Å². The second-order valence-electron chi connectivity index (χ2n) is 5.82. The van der Waals surface area contributed by atoms with Crippen molar-refractivity contribution >= 4 is 0 Å². The number of hydrogen-bond acceptors (Lipinski definition) is 4. The van der Waals surface area contributed by atoms with E-state index < -0.39 is 0 Å². The van der Waals surface area contributed by atoms with Gasteiger partial charge < -0.3 is 9.64 Å². The van der Waals surface area contributed by atoms with Gasteiger partial charge in [0.25, 0.3) is 0 Å². The molecule has 0 saturated heterocycles. The Kier molecular flexibility index (Phi) is 7.37. The summed E-state index contributed by atoms with van der Waals surface area (Å²) in [6.45, 7) is 7.73. The highest BCUT2D eigenvalue weighted by Crippen LogP contribution is 2.24. The molecular weight excluding hydrogens is 238 g/mol. The molecule has 110 valence electrons. The van der Waals surface area contributed by atoms with Crippen molar-refractivity contribution in [2.24, 2.45) is 0 Å². The number of likely N-dealkylation sites (N-methyl/N-ethyl adjacent to an activating group) is 1. The Morgan fingerprint density at radius 2 is 2.11 bits per heavy atom. The highest BCUT2D eigenvalue weighted by Gasteiger charge is 2.31. The van der Waals surface area contributed by atoms with Gasteiger partial charge in [-0.25, -0.2) is 0 Å². The Bertz CT molecular complexity index is 286. The van der Waals surface area contributed by atoms with Gasteiger partial charge in [-0.05, 0) is 59.5 Å². The van der Waals surface area contributed by atoms with E-state index in [0.717, 1.165) is 45.6 Å². The zero-order chi connectivity index (χ0) is 14.1. The van der Waals surface area contributed by atoms with Gasteiger partial charge >= 0.3 is 0 Å². The van der Waals surface area contributed by atoms with E-state index in [2.05, 4.69) is 23.3 Å². The van der Waals surface area contributed by atoms with Crippen molar-refractivity contribution in [1.82, 2.24) is 10.2 Å². The van der Waals surface area contributed by atoms with Crippen molar-refractivity contribution in [3.8, 4) is 6.07 Å². The molecule has 0 aliphatic heterocycles. The number of unbranched alkanes of at least 4 members (excludes halogenated alkanes) is 1. The van der Waals surface area contributed by atoms with Crippen molar-refractivity contribution in [2.45, 2.75) is 57.5 Å². The van der Waals surface area contributed by atoms with Gasteiger partial charge in [-0.2, -0.15) is 5.26 Å². The minimum absolute atomic E-state index is 0.328. The second kappa shape index (κ2) is 8.52. The van der Waals surface area contributed by atoms with Gasteiger partial charge in [-0.15, -0.1) is 0 Å². The first-order valence-corrected chi connectivity index (χ1v) is 7.55. The minimum Gasteiger partial charge on any atom is -0.380 e. The molecule has 1 aliphatic carbocycles. The van der Waals surface area contributed by atoms with E-state index in [9.17, 15) is 5.26 Å². The summed E-state index contributed by atoms with van der Waals surface area (Å²) in [4.78, 5) is 2.30. The first-order valence-electron chi connectivity index (χ1n) is 7.55. The molecule has 4 heteroatoms. The lowest BCUT2D eigenvalue weighted by Crippen LogP contribution is -2.42. The number of hydrogen-bond donors (Lipinski definition) is 1. The lowest BCUT2D eigenvalue weighted by Gasteiger charge is -2.24. The van der Waals surface area contributed by atoms with E-state index in [1.807, 2.05) is 13.8 Å². The molecule has 0 aromatic heterocycles. The van der Waals surface area contributed by atoms with Gasteiger partial charge in [-0.1, -0.05) is 0 Å². The monoisotopic (exact) mass is 267 g/mol. The molecule has 1 N–H and O–H groups in total. The molecule has 1 rings (SSSR count). The molecule has 1 atom stereocenters. The Morgan fingerprint density at radius 3 is 2.68 bits per heavy atom. The van der Waals surface area contributed by atoms with E-state index >= 15 is 0 Å². The third-order valence-electron chi connectivity index (χ3n) is 3.63. The zero-order valence-corrected chi connectivity index (χ0v) is 12.7. The summed E-state index contributed by atoms with van der Waals surface area (Å²) in [6, 6.07) is 3.03. The van der Waals surface area contributed by atoms with E-state index in [1.165, 1.54) is 12.8 Å². The maximum Gasteiger partial charge on any atom is 0.104 e. The highest BCUT2D eigenvalue weighted by molar-refractivity contribution is 5.06. The molecule has 0 amide bonds. The predicted molar refractivity (Wildman–Crippen MR) is 78.0 cm³/mol. The maximum absolute atomic E-state index is 9.27. The van der Waals surface area contributed by atoms with Crippen LogP contribution in [0, 0.1) is 11.3 Å². The molecule has 0 spiro atoms. The summed E-state index contributed by atoms with van der Waals surface area (Å²) in [5.41, 5.74) is -0.328. The van der Waals surface area contributed by atoms with Gasteiger partial charge in [0, 0.05) is 19.2 Å². The maximum atomic E-state index is 9.27. The molecule has 0 bridgehead atoms. The summed E-state index contributed by atoms with van der Waals surface area (Å²) in [6.07, 6.45) is 5.66. The largest absolute Gasteiger partial charge is 0.380 e. The number of nitrogens with one attached hydrogen (secondary N) is 1. The van der Waals surface area contributed by atoms with Crippen molar-refractivity contribution in [3.63, 3.8) is 0 Å². The van der Waals surface area contributed by atoms with Crippen LogP contribution in [0.5, 0.6) is 0 Å². The molecule has 4 nitrogen and oxygen atoms in total. The average Bonchev–Trinajstić information content (AvgIpc) is 3.19. The summed E-state index contributed by atoms with van der Waals surface area (Å²) in [5.74, 6) is 0. The van der Waals surface area contributed by atoms with E-state index in [0.29, 0.717) is 6.04 Å². The van der Waals surface area contributed by atoms with E-state index in [4.69, 9.17) is 4.74 Å². The molecule has 1 saturated carbocycles. The molecule has 1 unspecified atom stereocenters. The van der Waals surface area contributed by atoms with Gasteiger partial charge in [-0.3, -0.25) is 5.32 Å². The zero-order valence-electron chi connectivity index (χ0n) is 12.7. The van der Waals surface area contributed by atoms with Crippen LogP contribution in [0.1, 0.15) is 46.0 Å². The van der Waals surface area contributed by atoms with Crippen molar-refractivity contribution in [3.05, 3.63) is 0 Å². The SMILES string of the molecule is CCOCCN(C)CCCCC(C)(C#N)NC1CC1. The van der Waals surface area contributed by atoms with E-state index in [1.54, 1.807) is 0 Å². The highest BCUT2D eigenvalue weighted by atomic mass is 16.5. The predicted octanol–water partition coefficient (Wildman–Crippen LogP) is 2.16. The summed E-state index contributed by atoms with van der Waals surface area (Å²) in [7, 11) is 2.13. The number of ether oxygens (including phenoxy) is 1. The smallest absolute Gasteiger partial charge is 0.104 e. The van der Waals surface area contributed by atoms with Crippen LogP contribution in [-0.2, 0) is 4.74 Å². The van der Waals surface area contributed by atoms with Crippen molar-refractivity contribution < 1.29 is 4.74 Å². The molecule has 1 fully saturated rings. The molecular formula is C15H29N3O. The van der Waals surface area contributed by atoms with E-state index in [-0.39, 0.29) is 5.54 Å². The van der Waals surface area contributed by atoms with Gasteiger partial charge in [0.2, 0.25) is 0 Å². The summed E-state index contributed by atoms with van der Waals surface area (Å²) >= 11 is 0. The minimum atomic E-state index is -0.328. The molecule has 1 aliphatic rings. The van der Waals surface area contributed by atoms with Crippen LogP contribution < -0.4 is 5.32 Å². The standard InChI is InChI=1S/C15H29N3O/c1-4-19-12-11-18(3)10-6-5-9-15(2,13-16)17-14-7-8-14/h14,17H,4-12H2,1-3H3. The van der Waals surface area contributed by atoms with Crippen LogP contribution >= 0.6 is 0 Å². The normalized spacial score (nSPS) is 18.3. The molecule has 0 radical (unpaired) electrons. The Hall–Kier alpha value is -0.630. The second-order valence-corrected chi connectivity index (χ2v) is 5.82. The fraction of sp³-hybridized carbons (Fsp3) is 0.933. The molecule has 19 heavy (non-hydrogen) atoms. The molecule has 0 heterocycles. The third kappa shape index (κ3) is 7.51. The first-order chi connectivity index (χ1) is 9.09. The van der Waals surface area contributed by atoms with Crippen LogP contribution in [-0.4, -0.2) is 49.8 Å². The van der Waals surface area contributed by atoms with Crippen LogP contribution in [0.15, 0.2) is 0 Å². The number of nitriles is 1. The Labute approximate surface area is 118 Å². The topological polar surface area (TPSA) is 48.3 Å². The third-order valence-corrected chi connectivity index (χ3v) is 3.63. The molecule has 0 aromatic rings. The van der Waals surface area contributed by atoms with Gasteiger partial charge in [0.15, 0.2) is 0 Å². The quantitative estimate of drug-likeness (QED) is 0.583. The Balaban J connectivity index is 2.06. The molecule has 0 aromatic carbocycles.